The first-order chi connectivity index (χ1) is 10.1. The Bertz CT molecular complexity index is 373. The quantitative estimate of drug-likeness (QED) is 0.715. The molecule has 0 heterocycles. The Hall–Kier alpha value is -0.900. The highest BCUT2D eigenvalue weighted by atomic mass is 15.1. The van der Waals surface area contributed by atoms with Crippen LogP contribution in [0.2, 0.25) is 0 Å². The molecular formula is C18H33N3. The Labute approximate surface area is 131 Å². The molecule has 0 aromatic heterocycles. The summed E-state index contributed by atoms with van der Waals surface area (Å²) in [6, 6.07) is 9.51. The van der Waals surface area contributed by atoms with Gasteiger partial charge in [-0.3, -0.25) is 0 Å². The minimum atomic E-state index is 0.407. The summed E-state index contributed by atoms with van der Waals surface area (Å²) in [4.78, 5) is 4.67. The highest BCUT2D eigenvalue weighted by Crippen LogP contribution is 2.15. The summed E-state index contributed by atoms with van der Waals surface area (Å²) in [5, 5.41) is 3.45. The van der Waals surface area contributed by atoms with E-state index in [4.69, 9.17) is 0 Å². The first kappa shape index (κ1) is 18.1. The van der Waals surface area contributed by atoms with Gasteiger partial charge < -0.3 is 15.1 Å². The molecule has 1 aromatic rings. The van der Waals surface area contributed by atoms with E-state index < -0.39 is 0 Å². The SMILES string of the molecule is CCCc1ccc(C(CN(C)CCCN(C)C)NC)cc1. The molecule has 1 aromatic carbocycles. The molecule has 120 valence electrons. The molecule has 0 fully saturated rings. The molecule has 0 aliphatic rings. The normalized spacial score (nSPS) is 13.1. The van der Waals surface area contributed by atoms with Crippen LogP contribution in [0.4, 0.5) is 0 Å². The molecule has 0 saturated heterocycles. The van der Waals surface area contributed by atoms with Crippen molar-refractivity contribution in [2.24, 2.45) is 0 Å². The largest absolute Gasteiger partial charge is 0.312 e. The lowest BCUT2D eigenvalue weighted by molar-refractivity contribution is 0.275. The van der Waals surface area contributed by atoms with Crippen molar-refractivity contribution in [1.82, 2.24) is 15.1 Å². The van der Waals surface area contributed by atoms with Gasteiger partial charge in [-0.2, -0.15) is 0 Å². The second-order valence-electron chi connectivity index (χ2n) is 6.25. The molecule has 0 amide bonds. The molecular weight excluding hydrogens is 258 g/mol. The zero-order valence-corrected chi connectivity index (χ0v) is 14.5. The van der Waals surface area contributed by atoms with E-state index >= 15 is 0 Å². The number of hydrogen-bond donors (Lipinski definition) is 1. The summed E-state index contributed by atoms with van der Waals surface area (Å²) in [6.07, 6.45) is 3.60. The third-order valence-electron chi connectivity index (χ3n) is 3.91. The average Bonchev–Trinajstić information content (AvgIpc) is 2.45. The van der Waals surface area contributed by atoms with Gasteiger partial charge in [-0.05, 0) is 65.2 Å². The van der Waals surface area contributed by atoms with Gasteiger partial charge in [0, 0.05) is 12.6 Å². The van der Waals surface area contributed by atoms with Gasteiger partial charge in [-0.15, -0.1) is 0 Å². The van der Waals surface area contributed by atoms with E-state index in [1.165, 1.54) is 30.4 Å². The molecule has 21 heavy (non-hydrogen) atoms. The summed E-state index contributed by atoms with van der Waals surface area (Å²) < 4.78 is 0. The summed E-state index contributed by atoms with van der Waals surface area (Å²) in [6.45, 7) is 5.58. The van der Waals surface area contributed by atoms with Crippen LogP contribution >= 0.6 is 0 Å². The maximum atomic E-state index is 3.45. The van der Waals surface area contributed by atoms with Gasteiger partial charge in [0.05, 0.1) is 0 Å². The number of nitrogens with one attached hydrogen (secondary N) is 1. The fraction of sp³-hybridized carbons (Fsp3) is 0.667. The molecule has 0 saturated carbocycles. The summed E-state index contributed by atoms with van der Waals surface area (Å²) in [7, 11) is 8.53. The predicted molar refractivity (Wildman–Crippen MR) is 92.9 cm³/mol. The standard InChI is InChI=1S/C18H33N3/c1-6-8-16-9-11-17(12-10-16)18(19-2)15-21(5)14-7-13-20(3)4/h9-12,18-19H,6-8,13-15H2,1-5H3. The fourth-order valence-electron chi connectivity index (χ4n) is 2.63. The molecule has 0 aliphatic heterocycles. The Morgan fingerprint density at radius 1 is 1.05 bits per heavy atom. The Morgan fingerprint density at radius 3 is 2.24 bits per heavy atom. The van der Waals surface area contributed by atoms with E-state index in [1.54, 1.807) is 0 Å². The van der Waals surface area contributed by atoms with Crippen LogP contribution in [-0.4, -0.2) is 57.6 Å². The lowest BCUT2D eigenvalue weighted by Gasteiger charge is -2.25. The fourth-order valence-corrected chi connectivity index (χ4v) is 2.63. The van der Waals surface area contributed by atoms with E-state index in [9.17, 15) is 0 Å². The number of nitrogens with zero attached hydrogens (tertiary/aromatic N) is 2. The van der Waals surface area contributed by atoms with Gasteiger partial charge in [0.1, 0.15) is 0 Å². The molecule has 0 radical (unpaired) electrons. The van der Waals surface area contributed by atoms with Crippen molar-refractivity contribution in [2.45, 2.75) is 32.2 Å². The van der Waals surface area contributed by atoms with Gasteiger partial charge >= 0.3 is 0 Å². The van der Waals surface area contributed by atoms with Crippen LogP contribution in [0.25, 0.3) is 0 Å². The number of benzene rings is 1. The van der Waals surface area contributed by atoms with Gasteiger partial charge in [0.2, 0.25) is 0 Å². The second kappa shape index (κ2) is 9.93. The third kappa shape index (κ3) is 7.07. The van der Waals surface area contributed by atoms with Gasteiger partial charge in [-0.1, -0.05) is 37.6 Å². The first-order valence-corrected chi connectivity index (χ1v) is 8.16. The first-order valence-electron chi connectivity index (χ1n) is 8.16. The zero-order chi connectivity index (χ0) is 15.7. The van der Waals surface area contributed by atoms with Crippen molar-refractivity contribution in [3.63, 3.8) is 0 Å². The molecule has 3 nitrogen and oxygen atoms in total. The maximum Gasteiger partial charge on any atom is 0.0446 e. The highest BCUT2D eigenvalue weighted by molar-refractivity contribution is 5.25. The van der Waals surface area contributed by atoms with Crippen LogP contribution in [0.1, 0.15) is 36.9 Å². The van der Waals surface area contributed by atoms with Crippen molar-refractivity contribution in [3.8, 4) is 0 Å². The molecule has 3 heteroatoms. The highest BCUT2D eigenvalue weighted by Gasteiger charge is 2.11. The third-order valence-corrected chi connectivity index (χ3v) is 3.91. The lowest BCUT2D eigenvalue weighted by Crippen LogP contribution is -2.32. The lowest BCUT2D eigenvalue weighted by atomic mass is 10.0. The Morgan fingerprint density at radius 2 is 1.71 bits per heavy atom. The zero-order valence-electron chi connectivity index (χ0n) is 14.5. The van der Waals surface area contributed by atoms with Crippen LogP contribution < -0.4 is 5.32 Å². The molecule has 0 aliphatic carbocycles. The number of likely N-dealkylation sites (N-methyl/N-ethyl adjacent to an activating group) is 2. The molecule has 0 bridgehead atoms. The van der Waals surface area contributed by atoms with Crippen LogP contribution in [-0.2, 0) is 6.42 Å². The summed E-state index contributed by atoms with van der Waals surface area (Å²) >= 11 is 0. The average molecular weight is 291 g/mol. The monoisotopic (exact) mass is 291 g/mol. The maximum absolute atomic E-state index is 3.45. The van der Waals surface area contributed by atoms with Crippen LogP contribution in [0, 0.1) is 0 Å². The van der Waals surface area contributed by atoms with Gasteiger partial charge in [0.15, 0.2) is 0 Å². The second-order valence-corrected chi connectivity index (χ2v) is 6.25. The van der Waals surface area contributed by atoms with Crippen LogP contribution in [0.15, 0.2) is 24.3 Å². The molecule has 1 atom stereocenters. The van der Waals surface area contributed by atoms with Gasteiger partial charge in [0.25, 0.3) is 0 Å². The molecule has 1 unspecified atom stereocenters. The number of aryl methyl sites for hydroxylation is 1. The van der Waals surface area contributed by atoms with E-state index in [0.717, 1.165) is 19.6 Å². The van der Waals surface area contributed by atoms with Crippen molar-refractivity contribution in [1.29, 1.82) is 0 Å². The van der Waals surface area contributed by atoms with Crippen molar-refractivity contribution < 1.29 is 0 Å². The van der Waals surface area contributed by atoms with Crippen molar-refractivity contribution in [2.75, 3.05) is 47.8 Å². The minimum absolute atomic E-state index is 0.407. The topological polar surface area (TPSA) is 18.5 Å². The number of hydrogen-bond acceptors (Lipinski definition) is 3. The smallest absolute Gasteiger partial charge is 0.0446 e. The minimum Gasteiger partial charge on any atom is -0.312 e. The number of rotatable bonds is 10. The van der Waals surface area contributed by atoms with Crippen LogP contribution in [0.5, 0.6) is 0 Å². The van der Waals surface area contributed by atoms with Crippen molar-refractivity contribution in [3.05, 3.63) is 35.4 Å². The van der Waals surface area contributed by atoms with Crippen LogP contribution in [0.3, 0.4) is 0 Å². The predicted octanol–water partition coefficient (Wildman–Crippen LogP) is 2.78. The summed E-state index contributed by atoms with van der Waals surface area (Å²) in [5.74, 6) is 0. The van der Waals surface area contributed by atoms with Gasteiger partial charge in [-0.25, -0.2) is 0 Å². The molecule has 1 rings (SSSR count). The van der Waals surface area contributed by atoms with E-state index in [-0.39, 0.29) is 0 Å². The Kier molecular flexibility index (Phi) is 8.58. The van der Waals surface area contributed by atoms with Crippen molar-refractivity contribution >= 4 is 0 Å². The molecule has 0 spiro atoms. The molecule has 1 N–H and O–H groups in total. The van der Waals surface area contributed by atoms with E-state index in [1.807, 2.05) is 0 Å². The summed E-state index contributed by atoms with van der Waals surface area (Å²) in [5.41, 5.74) is 2.83. The Balaban J connectivity index is 2.49. The van der Waals surface area contributed by atoms with E-state index in [0.29, 0.717) is 6.04 Å². The van der Waals surface area contributed by atoms with E-state index in [2.05, 4.69) is 74.5 Å².